The maximum atomic E-state index is 10.8. The number of nitro benzene ring substituents is 1. The highest BCUT2D eigenvalue weighted by atomic mass is 16.6. The standard InChI is InChI=1S/C12H9N3O4/c16-11-6-5-8(7-12(11)17)13-14-9-3-1-2-4-10(9)15(18)19/h1-7,16-17H. The predicted octanol–water partition coefficient (Wildman–Crippen LogP) is 3.42. The molecule has 0 atom stereocenters. The summed E-state index contributed by atoms with van der Waals surface area (Å²) >= 11 is 0. The van der Waals surface area contributed by atoms with Crippen LogP contribution in [0.5, 0.6) is 11.5 Å². The fourth-order valence-corrected chi connectivity index (χ4v) is 1.39. The van der Waals surface area contributed by atoms with Crippen molar-refractivity contribution in [3.63, 3.8) is 0 Å². The number of hydrogen-bond donors (Lipinski definition) is 2. The van der Waals surface area contributed by atoms with Gasteiger partial charge in [-0.15, -0.1) is 5.11 Å². The van der Waals surface area contributed by atoms with Gasteiger partial charge in [0.15, 0.2) is 17.2 Å². The predicted molar refractivity (Wildman–Crippen MR) is 67.0 cm³/mol. The maximum absolute atomic E-state index is 10.8. The zero-order chi connectivity index (χ0) is 13.8. The van der Waals surface area contributed by atoms with Gasteiger partial charge in [0, 0.05) is 12.1 Å². The van der Waals surface area contributed by atoms with Crippen LogP contribution in [0.2, 0.25) is 0 Å². The maximum Gasteiger partial charge on any atom is 0.296 e. The van der Waals surface area contributed by atoms with Gasteiger partial charge in [0.25, 0.3) is 5.69 Å². The van der Waals surface area contributed by atoms with E-state index in [0.29, 0.717) is 0 Å². The molecule has 0 unspecified atom stereocenters. The van der Waals surface area contributed by atoms with E-state index < -0.39 is 4.92 Å². The largest absolute Gasteiger partial charge is 0.504 e. The zero-order valence-corrected chi connectivity index (χ0v) is 9.59. The minimum Gasteiger partial charge on any atom is -0.504 e. The number of benzene rings is 2. The highest BCUT2D eigenvalue weighted by molar-refractivity contribution is 5.57. The highest BCUT2D eigenvalue weighted by Crippen LogP contribution is 2.31. The lowest BCUT2D eigenvalue weighted by Gasteiger charge is -1.98. The fourth-order valence-electron chi connectivity index (χ4n) is 1.39. The Labute approximate surface area is 107 Å². The molecule has 0 aliphatic carbocycles. The lowest BCUT2D eigenvalue weighted by Crippen LogP contribution is -1.86. The van der Waals surface area contributed by atoms with Crippen molar-refractivity contribution in [1.29, 1.82) is 0 Å². The first-order valence-electron chi connectivity index (χ1n) is 5.25. The summed E-state index contributed by atoms with van der Waals surface area (Å²) < 4.78 is 0. The summed E-state index contributed by atoms with van der Waals surface area (Å²) in [7, 11) is 0. The lowest BCUT2D eigenvalue weighted by molar-refractivity contribution is -0.384. The van der Waals surface area contributed by atoms with Gasteiger partial charge in [-0.3, -0.25) is 10.1 Å². The summed E-state index contributed by atoms with van der Waals surface area (Å²) in [6.07, 6.45) is 0. The number of hydrogen-bond acceptors (Lipinski definition) is 6. The number of para-hydroxylation sites is 1. The third-order valence-corrected chi connectivity index (χ3v) is 2.31. The van der Waals surface area contributed by atoms with Gasteiger partial charge >= 0.3 is 0 Å². The van der Waals surface area contributed by atoms with Crippen molar-refractivity contribution in [2.24, 2.45) is 10.2 Å². The third kappa shape index (κ3) is 2.83. The minimum absolute atomic E-state index is 0.111. The molecule has 0 heterocycles. The Kier molecular flexibility index (Phi) is 3.37. The van der Waals surface area contributed by atoms with Gasteiger partial charge in [0.2, 0.25) is 0 Å². The van der Waals surface area contributed by atoms with Crippen LogP contribution in [-0.4, -0.2) is 15.1 Å². The van der Waals surface area contributed by atoms with Crippen molar-refractivity contribution < 1.29 is 15.1 Å². The molecule has 2 aromatic rings. The van der Waals surface area contributed by atoms with Gasteiger partial charge in [-0.2, -0.15) is 5.11 Å². The Morgan fingerprint density at radius 1 is 1.00 bits per heavy atom. The molecule has 7 nitrogen and oxygen atoms in total. The molecule has 0 amide bonds. The first-order valence-corrected chi connectivity index (χ1v) is 5.25. The van der Waals surface area contributed by atoms with Crippen LogP contribution in [0.1, 0.15) is 0 Å². The van der Waals surface area contributed by atoms with Crippen molar-refractivity contribution in [1.82, 2.24) is 0 Å². The Morgan fingerprint density at radius 3 is 2.42 bits per heavy atom. The molecular formula is C12H9N3O4. The summed E-state index contributed by atoms with van der Waals surface area (Å²) in [6, 6.07) is 9.80. The van der Waals surface area contributed by atoms with Crippen molar-refractivity contribution in [3.05, 3.63) is 52.6 Å². The fraction of sp³-hybridized carbons (Fsp3) is 0. The first kappa shape index (κ1) is 12.5. The molecule has 0 radical (unpaired) electrons. The van der Waals surface area contributed by atoms with E-state index in [1.807, 2.05) is 0 Å². The molecule has 0 saturated heterocycles. The molecule has 2 rings (SSSR count). The number of phenolic OH excluding ortho intramolecular Hbond substituents is 2. The van der Waals surface area contributed by atoms with Gasteiger partial charge in [-0.25, -0.2) is 0 Å². The topological polar surface area (TPSA) is 108 Å². The molecule has 0 aliphatic heterocycles. The minimum atomic E-state index is -0.553. The quantitative estimate of drug-likeness (QED) is 0.381. The van der Waals surface area contributed by atoms with Crippen LogP contribution < -0.4 is 0 Å². The van der Waals surface area contributed by atoms with E-state index in [9.17, 15) is 15.2 Å². The smallest absolute Gasteiger partial charge is 0.296 e. The zero-order valence-electron chi connectivity index (χ0n) is 9.59. The van der Waals surface area contributed by atoms with Crippen molar-refractivity contribution >= 4 is 17.1 Å². The van der Waals surface area contributed by atoms with E-state index >= 15 is 0 Å². The summed E-state index contributed by atoms with van der Waals surface area (Å²) in [5.74, 6) is -0.608. The van der Waals surface area contributed by atoms with Crippen LogP contribution >= 0.6 is 0 Å². The van der Waals surface area contributed by atoms with Crippen molar-refractivity contribution in [3.8, 4) is 11.5 Å². The Balaban J connectivity index is 2.32. The number of aromatic hydroxyl groups is 2. The highest BCUT2D eigenvalue weighted by Gasteiger charge is 2.11. The second-order valence-electron chi connectivity index (χ2n) is 3.62. The average Bonchev–Trinajstić information content (AvgIpc) is 2.40. The SMILES string of the molecule is O=[N+]([O-])c1ccccc1N=Nc1ccc(O)c(O)c1. The van der Waals surface area contributed by atoms with Crippen LogP contribution in [0.4, 0.5) is 17.1 Å². The van der Waals surface area contributed by atoms with E-state index in [2.05, 4.69) is 10.2 Å². The summed E-state index contributed by atoms with van der Waals surface area (Å²) in [5, 5.41) is 36.7. The summed E-state index contributed by atoms with van der Waals surface area (Å²) in [5.41, 5.74) is 0.225. The molecule has 2 N–H and O–H groups in total. The molecule has 0 fully saturated rings. The molecule has 0 bridgehead atoms. The number of nitrogens with zero attached hydrogens (tertiary/aromatic N) is 3. The number of nitro groups is 1. The molecule has 0 aromatic heterocycles. The Morgan fingerprint density at radius 2 is 1.74 bits per heavy atom. The number of azo groups is 1. The molecule has 0 spiro atoms. The first-order chi connectivity index (χ1) is 9.08. The molecule has 7 heteroatoms. The van der Waals surface area contributed by atoms with Crippen LogP contribution in [0.3, 0.4) is 0 Å². The van der Waals surface area contributed by atoms with Gasteiger partial charge in [-0.05, 0) is 18.2 Å². The third-order valence-electron chi connectivity index (χ3n) is 2.31. The molecule has 2 aromatic carbocycles. The summed E-state index contributed by atoms with van der Waals surface area (Å²) in [4.78, 5) is 10.2. The Hall–Kier alpha value is -2.96. The van der Waals surface area contributed by atoms with Crippen molar-refractivity contribution in [2.45, 2.75) is 0 Å². The van der Waals surface area contributed by atoms with Crippen LogP contribution in [0.15, 0.2) is 52.7 Å². The van der Waals surface area contributed by atoms with Crippen LogP contribution in [-0.2, 0) is 0 Å². The van der Waals surface area contributed by atoms with Crippen molar-refractivity contribution in [2.75, 3.05) is 0 Å². The van der Waals surface area contributed by atoms with E-state index in [1.54, 1.807) is 6.07 Å². The van der Waals surface area contributed by atoms with Gasteiger partial charge in [0.1, 0.15) is 0 Å². The van der Waals surface area contributed by atoms with E-state index in [-0.39, 0.29) is 28.6 Å². The monoisotopic (exact) mass is 259 g/mol. The van der Waals surface area contributed by atoms with Crippen LogP contribution in [0, 0.1) is 10.1 Å². The molecule has 19 heavy (non-hydrogen) atoms. The Bertz CT molecular complexity index is 655. The van der Waals surface area contributed by atoms with E-state index in [4.69, 9.17) is 5.11 Å². The van der Waals surface area contributed by atoms with Gasteiger partial charge in [0.05, 0.1) is 10.6 Å². The average molecular weight is 259 g/mol. The summed E-state index contributed by atoms with van der Waals surface area (Å²) in [6.45, 7) is 0. The number of rotatable bonds is 3. The second kappa shape index (κ2) is 5.13. The lowest BCUT2D eigenvalue weighted by atomic mass is 10.3. The normalized spacial score (nSPS) is 10.7. The molecule has 0 saturated carbocycles. The van der Waals surface area contributed by atoms with E-state index in [1.165, 1.54) is 36.4 Å². The molecule has 0 aliphatic rings. The van der Waals surface area contributed by atoms with E-state index in [0.717, 1.165) is 0 Å². The van der Waals surface area contributed by atoms with Gasteiger partial charge < -0.3 is 10.2 Å². The molecule has 96 valence electrons. The number of phenols is 2. The second-order valence-corrected chi connectivity index (χ2v) is 3.62. The molecular weight excluding hydrogens is 250 g/mol. The van der Waals surface area contributed by atoms with Crippen LogP contribution in [0.25, 0.3) is 0 Å². The van der Waals surface area contributed by atoms with Gasteiger partial charge in [-0.1, -0.05) is 12.1 Å².